The van der Waals surface area contributed by atoms with Crippen LogP contribution in [-0.4, -0.2) is 16.2 Å². The Morgan fingerprint density at radius 2 is 2.09 bits per heavy atom. The van der Waals surface area contributed by atoms with Crippen molar-refractivity contribution in [2.24, 2.45) is 5.41 Å². The standard InChI is InChI=1S/C16H22N4O2S/c1-9-5-8-11(22-9)12(16(2,3)4)17-14(21)18-15-20-19-13(23-15)10-6-7-10/h5,8,10,12H,6-7H2,1-4H3,(H2,17,18,20,21)/t12-/m1/s1. The lowest BCUT2D eigenvalue weighted by atomic mass is 9.85. The number of carbonyl (C=O) groups is 1. The number of nitrogens with one attached hydrogen (secondary N) is 2. The zero-order valence-corrected chi connectivity index (χ0v) is 14.7. The summed E-state index contributed by atoms with van der Waals surface area (Å²) in [7, 11) is 0. The summed E-state index contributed by atoms with van der Waals surface area (Å²) < 4.78 is 5.70. The minimum atomic E-state index is -0.294. The molecule has 2 heterocycles. The van der Waals surface area contributed by atoms with Crippen LogP contribution in [0.5, 0.6) is 0 Å². The highest BCUT2D eigenvalue weighted by Gasteiger charge is 2.31. The number of furan rings is 1. The maximum absolute atomic E-state index is 12.3. The first-order chi connectivity index (χ1) is 10.8. The molecule has 1 aliphatic carbocycles. The fourth-order valence-electron chi connectivity index (χ4n) is 2.37. The molecule has 0 aliphatic heterocycles. The van der Waals surface area contributed by atoms with Crippen LogP contribution >= 0.6 is 11.3 Å². The van der Waals surface area contributed by atoms with Crippen molar-refractivity contribution in [3.8, 4) is 0 Å². The molecule has 0 aromatic carbocycles. The van der Waals surface area contributed by atoms with Crippen molar-refractivity contribution >= 4 is 22.5 Å². The van der Waals surface area contributed by atoms with Crippen LogP contribution in [0.1, 0.15) is 62.1 Å². The van der Waals surface area contributed by atoms with E-state index in [4.69, 9.17) is 4.42 Å². The highest BCUT2D eigenvalue weighted by atomic mass is 32.1. The van der Waals surface area contributed by atoms with Crippen LogP contribution in [0.15, 0.2) is 16.5 Å². The number of rotatable bonds is 4. The van der Waals surface area contributed by atoms with Gasteiger partial charge in [0, 0.05) is 5.92 Å². The first-order valence-electron chi connectivity index (χ1n) is 7.80. The molecular weight excluding hydrogens is 312 g/mol. The molecule has 124 valence electrons. The minimum Gasteiger partial charge on any atom is -0.464 e. The minimum absolute atomic E-state index is 0.179. The van der Waals surface area contributed by atoms with Gasteiger partial charge in [0.05, 0.1) is 6.04 Å². The third-order valence-electron chi connectivity index (χ3n) is 3.77. The van der Waals surface area contributed by atoms with Crippen molar-refractivity contribution in [2.75, 3.05) is 5.32 Å². The molecule has 2 N–H and O–H groups in total. The van der Waals surface area contributed by atoms with Crippen LogP contribution < -0.4 is 10.6 Å². The monoisotopic (exact) mass is 334 g/mol. The van der Waals surface area contributed by atoms with Crippen molar-refractivity contribution in [3.05, 3.63) is 28.7 Å². The summed E-state index contributed by atoms with van der Waals surface area (Å²) in [4.78, 5) is 12.3. The molecule has 1 fully saturated rings. The summed E-state index contributed by atoms with van der Waals surface area (Å²) >= 11 is 1.45. The number of hydrogen-bond acceptors (Lipinski definition) is 5. The van der Waals surface area contributed by atoms with Gasteiger partial charge in [0.2, 0.25) is 5.13 Å². The lowest BCUT2D eigenvalue weighted by Crippen LogP contribution is -2.38. The van der Waals surface area contributed by atoms with E-state index in [-0.39, 0.29) is 17.5 Å². The average molecular weight is 334 g/mol. The summed E-state index contributed by atoms with van der Waals surface area (Å²) in [6.45, 7) is 8.08. The molecule has 23 heavy (non-hydrogen) atoms. The van der Waals surface area contributed by atoms with Gasteiger partial charge in [0.1, 0.15) is 16.5 Å². The molecule has 6 nitrogen and oxygen atoms in total. The molecule has 0 unspecified atom stereocenters. The van der Waals surface area contributed by atoms with Crippen molar-refractivity contribution in [1.29, 1.82) is 0 Å². The van der Waals surface area contributed by atoms with Gasteiger partial charge in [-0.05, 0) is 37.3 Å². The molecule has 2 aromatic rings. The lowest BCUT2D eigenvalue weighted by Gasteiger charge is -2.29. The number of aryl methyl sites for hydroxylation is 1. The van der Waals surface area contributed by atoms with Crippen molar-refractivity contribution < 1.29 is 9.21 Å². The van der Waals surface area contributed by atoms with Gasteiger partial charge in [-0.3, -0.25) is 5.32 Å². The van der Waals surface area contributed by atoms with E-state index in [1.165, 1.54) is 24.2 Å². The van der Waals surface area contributed by atoms with E-state index >= 15 is 0 Å². The largest absolute Gasteiger partial charge is 0.464 e. The first-order valence-corrected chi connectivity index (χ1v) is 8.62. The number of aromatic nitrogens is 2. The first kappa shape index (κ1) is 16.0. The van der Waals surface area contributed by atoms with Crippen molar-refractivity contribution in [2.45, 2.75) is 52.5 Å². The maximum atomic E-state index is 12.3. The normalized spacial score (nSPS) is 16.2. The molecular formula is C16H22N4O2S. The SMILES string of the molecule is Cc1ccc([C@@H](NC(=O)Nc2nnc(C3CC3)s2)C(C)(C)C)o1. The van der Waals surface area contributed by atoms with Gasteiger partial charge < -0.3 is 9.73 Å². The fourth-order valence-corrected chi connectivity index (χ4v) is 3.28. The van der Waals surface area contributed by atoms with Gasteiger partial charge in [-0.1, -0.05) is 32.1 Å². The van der Waals surface area contributed by atoms with Gasteiger partial charge in [0.25, 0.3) is 0 Å². The molecule has 1 saturated carbocycles. The number of anilines is 1. The molecule has 0 bridgehead atoms. The number of urea groups is 1. The summed E-state index contributed by atoms with van der Waals surface area (Å²) in [5.41, 5.74) is -0.179. The Labute approximate surface area is 139 Å². The smallest absolute Gasteiger partial charge is 0.321 e. The molecule has 7 heteroatoms. The number of carbonyl (C=O) groups excluding carboxylic acids is 1. The predicted molar refractivity (Wildman–Crippen MR) is 89.7 cm³/mol. The van der Waals surface area contributed by atoms with Gasteiger partial charge in [-0.15, -0.1) is 10.2 Å². The van der Waals surface area contributed by atoms with Crippen LogP contribution in [0.25, 0.3) is 0 Å². The van der Waals surface area contributed by atoms with Gasteiger partial charge in [-0.25, -0.2) is 4.79 Å². The van der Waals surface area contributed by atoms with Gasteiger partial charge in [0.15, 0.2) is 0 Å². The van der Waals surface area contributed by atoms with Crippen LogP contribution in [0.3, 0.4) is 0 Å². The topological polar surface area (TPSA) is 80.0 Å². The van der Waals surface area contributed by atoms with Crippen LogP contribution in [-0.2, 0) is 0 Å². The summed E-state index contributed by atoms with van der Waals surface area (Å²) in [6.07, 6.45) is 2.34. The Morgan fingerprint density at radius 3 is 2.65 bits per heavy atom. The second-order valence-electron chi connectivity index (χ2n) is 7.07. The Hall–Kier alpha value is -1.89. The molecule has 0 spiro atoms. The predicted octanol–water partition coefficient (Wildman–Crippen LogP) is 4.23. The molecule has 2 aromatic heterocycles. The second kappa shape index (κ2) is 5.96. The zero-order chi connectivity index (χ0) is 16.6. The number of amides is 2. The van der Waals surface area contributed by atoms with E-state index in [1.54, 1.807) is 0 Å². The number of hydrogen-bond donors (Lipinski definition) is 2. The highest BCUT2D eigenvalue weighted by molar-refractivity contribution is 7.15. The lowest BCUT2D eigenvalue weighted by molar-refractivity contribution is 0.215. The van der Waals surface area contributed by atoms with Crippen LogP contribution in [0.4, 0.5) is 9.93 Å². The average Bonchev–Trinajstić information content (AvgIpc) is 3.06. The quantitative estimate of drug-likeness (QED) is 0.877. The van der Waals surface area contributed by atoms with E-state index in [1.807, 2.05) is 19.1 Å². The Bertz CT molecular complexity index is 697. The van der Waals surface area contributed by atoms with Crippen LogP contribution in [0.2, 0.25) is 0 Å². The second-order valence-corrected chi connectivity index (χ2v) is 8.07. The molecule has 0 radical (unpaired) electrons. The summed E-state index contributed by atoms with van der Waals surface area (Å²) in [6, 6.07) is 3.28. The molecule has 0 saturated heterocycles. The third-order valence-corrected chi connectivity index (χ3v) is 4.78. The Balaban J connectivity index is 1.67. The van der Waals surface area contributed by atoms with Crippen molar-refractivity contribution in [3.63, 3.8) is 0 Å². The van der Waals surface area contributed by atoms with Crippen molar-refractivity contribution in [1.82, 2.24) is 15.5 Å². The maximum Gasteiger partial charge on any atom is 0.321 e. The Kier molecular flexibility index (Phi) is 4.14. The number of nitrogens with zero attached hydrogens (tertiary/aromatic N) is 2. The van der Waals surface area contributed by atoms with E-state index < -0.39 is 0 Å². The van der Waals surface area contributed by atoms with Gasteiger partial charge >= 0.3 is 6.03 Å². The fraction of sp³-hybridized carbons (Fsp3) is 0.562. The third kappa shape index (κ3) is 3.90. The van der Waals surface area contributed by atoms with Crippen LogP contribution in [0, 0.1) is 12.3 Å². The summed E-state index contributed by atoms with van der Waals surface area (Å²) in [5, 5.41) is 15.5. The van der Waals surface area contributed by atoms with Gasteiger partial charge in [-0.2, -0.15) is 0 Å². The molecule has 3 rings (SSSR count). The molecule has 1 aliphatic rings. The van der Waals surface area contributed by atoms with E-state index in [2.05, 4.69) is 41.6 Å². The zero-order valence-electron chi connectivity index (χ0n) is 13.8. The summed E-state index contributed by atoms with van der Waals surface area (Å²) in [5.74, 6) is 2.12. The molecule has 1 atom stereocenters. The van der Waals surface area contributed by atoms with E-state index in [0.29, 0.717) is 11.0 Å². The molecule has 2 amide bonds. The van der Waals surface area contributed by atoms with E-state index in [9.17, 15) is 4.79 Å². The Morgan fingerprint density at radius 1 is 1.35 bits per heavy atom. The highest BCUT2D eigenvalue weighted by Crippen LogP contribution is 2.42. The van der Waals surface area contributed by atoms with E-state index in [0.717, 1.165) is 16.5 Å².